The summed E-state index contributed by atoms with van der Waals surface area (Å²) in [5, 5.41) is 3.28. The van der Waals surface area contributed by atoms with Crippen LogP contribution in [0.1, 0.15) is 33.1 Å². The van der Waals surface area contributed by atoms with Gasteiger partial charge in [-0.3, -0.25) is 4.79 Å². The van der Waals surface area contributed by atoms with E-state index in [2.05, 4.69) is 5.32 Å². The third-order valence-corrected chi connectivity index (χ3v) is 2.80. The first kappa shape index (κ1) is 13.5. The minimum Gasteiger partial charge on any atom is -0.460 e. The number of esters is 1. The third kappa shape index (κ3) is 5.47. The summed E-state index contributed by atoms with van der Waals surface area (Å²) < 4.78 is 10.5. The molecule has 1 unspecified atom stereocenters. The van der Waals surface area contributed by atoms with Gasteiger partial charge in [0.15, 0.2) is 0 Å². The highest BCUT2D eigenvalue weighted by atomic mass is 16.6. The van der Waals surface area contributed by atoms with Crippen molar-refractivity contribution in [1.82, 2.24) is 5.32 Å². The molecule has 1 aliphatic rings. The SMILES string of the molecule is CCOCC(C)OC(=O)CC1CCNCC1. The second-order valence-electron chi connectivity index (χ2n) is 4.36. The molecule has 0 spiro atoms. The number of nitrogens with one attached hydrogen (secondary N) is 1. The Kier molecular flexibility index (Phi) is 6.42. The standard InChI is InChI=1S/C12H23NO3/c1-3-15-9-10(2)16-12(14)8-11-4-6-13-7-5-11/h10-11,13H,3-9H2,1-2H3. The fraction of sp³-hybridized carbons (Fsp3) is 0.917. The highest BCUT2D eigenvalue weighted by Gasteiger charge is 2.18. The number of carbonyl (C=O) groups is 1. The second kappa shape index (κ2) is 7.63. The first-order chi connectivity index (χ1) is 7.72. The molecule has 0 aromatic heterocycles. The topological polar surface area (TPSA) is 47.6 Å². The van der Waals surface area contributed by atoms with Crippen molar-refractivity contribution in [2.45, 2.75) is 39.2 Å². The van der Waals surface area contributed by atoms with Crippen LogP contribution in [0.3, 0.4) is 0 Å². The maximum atomic E-state index is 11.6. The summed E-state index contributed by atoms with van der Waals surface area (Å²) in [5.74, 6) is 0.409. The minimum absolute atomic E-state index is 0.0842. The van der Waals surface area contributed by atoms with Gasteiger partial charge in [0.2, 0.25) is 0 Å². The van der Waals surface area contributed by atoms with Crippen LogP contribution < -0.4 is 5.32 Å². The Morgan fingerprint density at radius 1 is 1.44 bits per heavy atom. The van der Waals surface area contributed by atoms with Crippen LogP contribution in [0.2, 0.25) is 0 Å². The molecular weight excluding hydrogens is 206 g/mol. The zero-order valence-electron chi connectivity index (χ0n) is 10.3. The lowest BCUT2D eigenvalue weighted by Crippen LogP contribution is -2.30. The molecule has 16 heavy (non-hydrogen) atoms. The average Bonchev–Trinajstić information content (AvgIpc) is 2.27. The van der Waals surface area contributed by atoms with E-state index in [9.17, 15) is 4.79 Å². The maximum Gasteiger partial charge on any atom is 0.306 e. The molecule has 0 saturated carbocycles. The van der Waals surface area contributed by atoms with Crippen LogP contribution in [0.25, 0.3) is 0 Å². The molecule has 1 heterocycles. The van der Waals surface area contributed by atoms with Crippen LogP contribution in [0.15, 0.2) is 0 Å². The summed E-state index contributed by atoms with van der Waals surface area (Å²) in [7, 11) is 0. The number of ether oxygens (including phenoxy) is 2. The van der Waals surface area contributed by atoms with Crippen LogP contribution in [-0.4, -0.2) is 38.4 Å². The van der Waals surface area contributed by atoms with Crippen molar-refractivity contribution in [2.24, 2.45) is 5.92 Å². The largest absolute Gasteiger partial charge is 0.460 e. The summed E-state index contributed by atoms with van der Waals surface area (Å²) in [6, 6.07) is 0. The lowest BCUT2D eigenvalue weighted by atomic mass is 9.95. The molecule has 0 aliphatic carbocycles. The van der Waals surface area contributed by atoms with Gasteiger partial charge in [-0.25, -0.2) is 0 Å². The molecule has 1 saturated heterocycles. The Bertz CT molecular complexity index is 202. The number of hydrogen-bond acceptors (Lipinski definition) is 4. The monoisotopic (exact) mass is 229 g/mol. The molecule has 0 bridgehead atoms. The summed E-state index contributed by atoms with van der Waals surface area (Å²) in [5.41, 5.74) is 0. The third-order valence-electron chi connectivity index (χ3n) is 2.80. The van der Waals surface area contributed by atoms with Gasteiger partial charge in [0.1, 0.15) is 6.10 Å². The average molecular weight is 229 g/mol. The van der Waals surface area contributed by atoms with Crippen molar-refractivity contribution in [3.05, 3.63) is 0 Å². The molecule has 0 amide bonds. The Labute approximate surface area is 97.7 Å². The molecular formula is C12H23NO3. The first-order valence-electron chi connectivity index (χ1n) is 6.20. The number of rotatable bonds is 6. The lowest BCUT2D eigenvalue weighted by molar-refractivity contribution is -0.152. The van der Waals surface area contributed by atoms with Gasteiger partial charge in [0, 0.05) is 13.0 Å². The Hall–Kier alpha value is -0.610. The smallest absolute Gasteiger partial charge is 0.306 e. The van der Waals surface area contributed by atoms with Gasteiger partial charge in [-0.15, -0.1) is 0 Å². The molecule has 1 fully saturated rings. The predicted octanol–water partition coefficient (Wildman–Crippen LogP) is 1.34. The van der Waals surface area contributed by atoms with E-state index in [1.807, 2.05) is 13.8 Å². The molecule has 4 heteroatoms. The van der Waals surface area contributed by atoms with E-state index in [-0.39, 0.29) is 12.1 Å². The van der Waals surface area contributed by atoms with Gasteiger partial charge in [-0.2, -0.15) is 0 Å². The van der Waals surface area contributed by atoms with Crippen LogP contribution in [0.4, 0.5) is 0 Å². The second-order valence-corrected chi connectivity index (χ2v) is 4.36. The van der Waals surface area contributed by atoms with Gasteiger partial charge in [-0.05, 0) is 45.7 Å². The fourth-order valence-electron chi connectivity index (χ4n) is 1.91. The lowest BCUT2D eigenvalue weighted by Gasteiger charge is -2.22. The molecule has 94 valence electrons. The Morgan fingerprint density at radius 2 is 2.12 bits per heavy atom. The van der Waals surface area contributed by atoms with Gasteiger partial charge in [-0.1, -0.05) is 0 Å². The quantitative estimate of drug-likeness (QED) is 0.698. The normalized spacial score (nSPS) is 19.4. The van der Waals surface area contributed by atoms with Crippen molar-refractivity contribution in [2.75, 3.05) is 26.3 Å². The van der Waals surface area contributed by atoms with Crippen molar-refractivity contribution >= 4 is 5.97 Å². The molecule has 0 aromatic carbocycles. The highest BCUT2D eigenvalue weighted by Crippen LogP contribution is 2.16. The minimum atomic E-state index is -0.130. The molecule has 1 aliphatic heterocycles. The maximum absolute atomic E-state index is 11.6. The molecule has 1 atom stereocenters. The zero-order chi connectivity index (χ0) is 11.8. The van der Waals surface area contributed by atoms with Crippen LogP contribution in [0.5, 0.6) is 0 Å². The van der Waals surface area contributed by atoms with Gasteiger partial charge < -0.3 is 14.8 Å². The number of carbonyl (C=O) groups excluding carboxylic acids is 1. The van der Waals surface area contributed by atoms with Crippen molar-refractivity contribution in [3.8, 4) is 0 Å². The highest BCUT2D eigenvalue weighted by molar-refractivity contribution is 5.69. The van der Waals surface area contributed by atoms with Crippen LogP contribution in [-0.2, 0) is 14.3 Å². The van der Waals surface area contributed by atoms with Crippen LogP contribution >= 0.6 is 0 Å². The van der Waals surface area contributed by atoms with E-state index in [4.69, 9.17) is 9.47 Å². The Morgan fingerprint density at radius 3 is 2.75 bits per heavy atom. The van der Waals surface area contributed by atoms with Crippen molar-refractivity contribution in [1.29, 1.82) is 0 Å². The van der Waals surface area contributed by atoms with Crippen molar-refractivity contribution < 1.29 is 14.3 Å². The fourth-order valence-corrected chi connectivity index (χ4v) is 1.91. The number of hydrogen-bond donors (Lipinski definition) is 1. The first-order valence-corrected chi connectivity index (χ1v) is 6.20. The van der Waals surface area contributed by atoms with E-state index in [1.165, 1.54) is 0 Å². The number of piperidine rings is 1. The van der Waals surface area contributed by atoms with Gasteiger partial charge >= 0.3 is 5.97 Å². The zero-order valence-corrected chi connectivity index (χ0v) is 10.3. The molecule has 0 radical (unpaired) electrons. The summed E-state index contributed by atoms with van der Waals surface area (Å²) in [6.45, 7) is 7.00. The summed E-state index contributed by atoms with van der Waals surface area (Å²) in [4.78, 5) is 11.6. The summed E-state index contributed by atoms with van der Waals surface area (Å²) >= 11 is 0. The molecule has 1 N–H and O–H groups in total. The van der Waals surface area contributed by atoms with E-state index >= 15 is 0 Å². The molecule has 1 rings (SSSR count). The van der Waals surface area contributed by atoms with E-state index in [1.54, 1.807) is 0 Å². The molecule has 0 aromatic rings. The van der Waals surface area contributed by atoms with Gasteiger partial charge in [0.25, 0.3) is 0 Å². The molecule has 4 nitrogen and oxygen atoms in total. The van der Waals surface area contributed by atoms with Gasteiger partial charge in [0.05, 0.1) is 6.61 Å². The summed E-state index contributed by atoms with van der Waals surface area (Å²) in [6.07, 6.45) is 2.58. The van der Waals surface area contributed by atoms with E-state index in [0.29, 0.717) is 25.6 Å². The van der Waals surface area contributed by atoms with E-state index in [0.717, 1.165) is 25.9 Å². The predicted molar refractivity (Wildman–Crippen MR) is 62.3 cm³/mol. The van der Waals surface area contributed by atoms with Crippen LogP contribution in [0, 0.1) is 5.92 Å². The van der Waals surface area contributed by atoms with E-state index < -0.39 is 0 Å². The van der Waals surface area contributed by atoms with Crippen molar-refractivity contribution in [3.63, 3.8) is 0 Å². The Balaban J connectivity index is 2.13.